The quantitative estimate of drug-likeness (QED) is 0.803. The van der Waals surface area contributed by atoms with Crippen LogP contribution >= 0.6 is 0 Å². The van der Waals surface area contributed by atoms with E-state index in [2.05, 4.69) is 12.2 Å². The van der Waals surface area contributed by atoms with Gasteiger partial charge in [-0.05, 0) is 39.0 Å². The predicted octanol–water partition coefficient (Wildman–Crippen LogP) is 3.17. The van der Waals surface area contributed by atoms with Crippen molar-refractivity contribution < 1.29 is 9.53 Å². The maximum atomic E-state index is 12.2. The summed E-state index contributed by atoms with van der Waals surface area (Å²) in [4.78, 5) is 14.1. The summed E-state index contributed by atoms with van der Waals surface area (Å²) in [5.41, 5.74) is -0.0782. The first-order valence-electron chi connectivity index (χ1n) is 8.01. The van der Waals surface area contributed by atoms with Crippen molar-refractivity contribution in [1.82, 2.24) is 10.2 Å². The second-order valence-corrected chi connectivity index (χ2v) is 7.65. The first kappa shape index (κ1) is 15.6. The number of ether oxygens (including phenoxy) is 1. The molecular weight excluding hydrogens is 252 g/mol. The highest BCUT2D eigenvalue weighted by molar-refractivity contribution is 5.68. The van der Waals surface area contributed by atoms with Crippen LogP contribution in [0, 0.1) is 5.41 Å². The maximum absolute atomic E-state index is 12.2. The molecule has 1 saturated heterocycles. The first-order valence-corrected chi connectivity index (χ1v) is 8.01. The van der Waals surface area contributed by atoms with E-state index in [9.17, 15) is 4.79 Å². The molecule has 1 aliphatic heterocycles. The molecule has 1 amide bonds. The van der Waals surface area contributed by atoms with Crippen LogP contribution in [-0.2, 0) is 4.74 Å². The van der Waals surface area contributed by atoms with Crippen molar-refractivity contribution in [3.63, 3.8) is 0 Å². The van der Waals surface area contributed by atoms with Crippen LogP contribution < -0.4 is 5.32 Å². The lowest BCUT2D eigenvalue weighted by atomic mass is 9.70. The lowest BCUT2D eigenvalue weighted by Crippen LogP contribution is -2.59. The molecule has 4 heteroatoms. The van der Waals surface area contributed by atoms with Gasteiger partial charge in [-0.3, -0.25) is 0 Å². The number of carbonyl (C=O) groups is 1. The van der Waals surface area contributed by atoms with Crippen LogP contribution in [0.15, 0.2) is 0 Å². The summed E-state index contributed by atoms with van der Waals surface area (Å²) in [5.74, 6) is 0. The van der Waals surface area contributed by atoms with Gasteiger partial charge in [0.15, 0.2) is 0 Å². The zero-order chi connectivity index (χ0) is 14.8. The average molecular weight is 282 g/mol. The van der Waals surface area contributed by atoms with Crippen molar-refractivity contribution in [1.29, 1.82) is 0 Å². The Labute approximate surface area is 123 Å². The number of hydrogen-bond acceptors (Lipinski definition) is 3. The minimum atomic E-state index is -0.411. The number of nitrogens with one attached hydrogen (secondary N) is 1. The summed E-state index contributed by atoms with van der Waals surface area (Å²) in [7, 11) is 0. The summed E-state index contributed by atoms with van der Waals surface area (Å²) in [6.07, 6.45) is 6.38. The Balaban J connectivity index is 1.96. The number of carbonyl (C=O) groups excluding carboxylic acids is 1. The molecule has 0 bridgehead atoms. The molecule has 20 heavy (non-hydrogen) atoms. The minimum absolute atomic E-state index is 0.164. The third-order valence-electron chi connectivity index (χ3n) is 4.66. The Morgan fingerprint density at radius 1 is 1.25 bits per heavy atom. The van der Waals surface area contributed by atoms with Gasteiger partial charge in [-0.1, -0.05) is 26.2 Å². The molecule has 2 aliphatic rings. The number of hydrogen-bond donors (Lipinski definition) is 1. The van der Waals surface area contributed by atoms with E-state index < -0.39 is 5.60 Å². The minimum Gasteiger partial charge on any atom is -0.444 e. The van der Waals surface area contributed by atoms with E-state index in [1.807, 2.05) is 25.7 Å². The lowest BCUT2D eigenvalue weighted by Gasteiger charge is -2.46. The SMILES string of the molecule is CC(C)(C)OC(=O)N1CCNC(C2(C)CCCCC2)C1. The maximum Gasteiger partial charge on any atom is 0.410 e. The summed E-state index contributed by atoms with van der Waals surface area (Å²) in [5, 5.41) is 3.63. The third-order valence-corrected chi connectivity index (χ3v) is 4.66. The molecule has 1 N–H and O–H groups in total. The van der Waals surface area contributed by atoms with Crippen molar-refractivity contribution in [3.05, 3.63) is 0 Å². The van der Waals surface area contributed by atoms with Crippen molar-refractivity contribution in [2.24, 2.45) is 5.41 Å². The fraction of sp³-hybridized carbons (Fsp3) is 0.938. The van der Waals surface area contributed by atoms with Gasteiger partial charge in [0, 0.05) is 25.7 Å². The number of rotatable bonds is 1. The van der Waals surface area contributed by atoms with Crippen LogP contribution in [0.5, 0.6) is 0 Å². The van der Waals surface area contributed by atoms with E-state index in [0.717, 1.165) is 19.6 Å². The van der Waals surface area contributed by atoms with E-state index in [0.29, 0.717) is 11.5 Å². The summed E-state index contributed by atoms with van der Waals surface area (Å²) < 4.78 is 5.50. The van der Waals surface area contributed by atoms with Gasteiger partial charge in [0.1, 0.15) is 5.60 Å². The van der Waals surface area contributed by atoms with Crippen molar-refractivity contribution in [2.45, 2.75) is 71.4 Å². The van der Waals surface area contributed by atoms with Gasteiger partial charge < -0.3 is 15.0 Å². The van der Waals surface area contributed by atoms with Gasteiger partial charge in [0.25, 0.3) is 0 Å². The zero-order valence-corrected chi connectivity index (χ0v) is 13.5. The van der Waals surface area contributed by atoms with E-state index >= 15 is 0 Å². The Kier molecular flexibility index (Phi) is 4.62. The molecule has 4 nitrogen and oxygen atoms in total. The van der Waals surface area contributed by atoms with Crippen LogP contribution in [0.1, 0.15) is 59.8 Å². The summed E-state index contributed by atoms with van der Waals surface area (Å²) >= 11 is 0. The fourth-order valence-corrected chi connectivity index (χ4v) is 3.42. The molecule has 0 aromatic rings. The molecular formula is C16H30N2O2. The zero-order valence-electron chi connectivity index (χ0n) is 13.5. The molecule has 2 rings (SSSR count). The molecule has 1 heterocycles. The highest BCUT2D eigenvalue weighted by Gasteiger charge is 2.39. The van der Waals surface area contributed by atoms with Crippen LogP contribution in [-0.4, -0.2) is 42.3 Å². The Morgan fingerprint density at radius 3 is 2.50 bits per heavy atom. The highest BCUT2D eigenvalue weighted by Crippen LogP contribution is 2.39. The number of nitrogens with zero attached hydrogens (tertiary/aromatic N) is 1. The Hall–Kier alpha value is -0.770. The molecule has 116 valence electrons. The van der Waals surface area contributed by atoms with E-state index in [-0.39, 0.29) is 6.09 Å². The van der Waals surface area contributed by atoms with Gasteiger partial charge in [0.05, 0.1) is 0 Å². The van der Waals surface area contributed by atoms with E-state index in [1.165, 1.54) is 32.1 Å². The Bertz CT molecular complexity index is 343. The molecule has 0 aromatic heterocycles. The van der Waals surface area contributed by atoms with Crippen LogP contribution in [0.2, 0.25) is 0 Å². The normalized spacial score (nSPS) is 27.2. The van der Waals surface area contributed by atoms with Gasteiger partial charge in [-0.25, -0.2) is 4.79 Å². The first-order chi connectivity index (χ1) is 9.30. The van der Waals surface area contributed by atoms with Gasteiger partial charge in [-0.15, -0.1) is 0 Å². The molecule has 1 unspecified atom stereocenters. The molecule has 2 fully saturated rings. The Morgan fingerprint density at radius 2 is 1.90 bits per heavy atom. The van der Waals surface area contributed by atoms with Crippen molar-refractivity contribution >= 4 is 6.09 Å². The lowest BCUT2D eigenvalue weighted by molar-refractivity contribution is 0.00943. The standard InChI is InChI=1S/C16H30N2O2/c1-15(2,3)20-14(19)18-11-10-17-13(12-18)16(4)8-6-5-7-9-16/h13,17H,5-12H2,1-4H3. The fourth-order valence-electron chi connectivity index (χ4n) is 3.42. The number of piperazine rings is 1. The van der Waals surface area contributed by atoms with Gasteiger partial charge >= 0.3 is 6.09 Å². The summed E-state index contributed by atoms with van der Waals surface area (Å²) in [6, 6.07) is 0.407. The van der Waals surface area contributed by atoms with E-state index in [1.54, 1.807) is 0 Å². The molecule has 1 saturated carbocycles. The molecule has 0 aromatic carbocycles. The average Bonchev–Trinajstić information content (AvgIpc) is 2.38. The molecule has 0 radical (unpaired) electrons. The van der Waals surface area contributed by atoms with Crippen molar-refractivity contribution in [3.8, 4) is 0 Å². The monoisotopic (exact) mass is 282 g/mol. The molecule has 1 aliphatic carbocycles. The summed E-state index contributed by atoms with van der Waals surface area (Å²) in [6.45, 7) is 10.6. The van der Waals surface area contributed by atoms with Crippen LogP contribution in [0.4, 0.5) is 4.79 Å². The van der Waals surface area contributed by atoms with Crippen LogP contribution in [0.3, 0.4) is 0 Å². The van der Waals surface area contributed by atoms with Gasteiger partial charge in [0.2, 0.25) is 0 Å². The number of amides is 1. The van der Waals surface area contributed by atoms with Gasteiger partial charge in [-0.2, -0.15) is 0 Å². The molecule has 0 spiro atoms. The molecule has 1 atom stereocenters. The smallest absolute Gasteiger partial charge is 0.410 e. The predicted molar refractivity (Wildman–Crippen MR) is 80.8 cm³/mol. The second-order valence-electron chi connectivity index (χ2n) is 7.65. The highest BCUT2D eigenvalue weighted by atomic mass is 16.6. The third kappa shape index (κ3) is 3.87. The van der Waals surface area contributed by atoms with Crippen LogP contribution in [0.25, 0.3) is 0 Å². The largest absolute Gasteiger partial charge is 0.444 e. The second kappa shape index (κ2) is 5.92. The van der Waals surface area contributed by atoms with E-state index in [4.69, 9.17) is 4.74 Å². The van der Waals surface area contributed by atoms with Crippen molar-refractivity contribution in [2.75, 3.05) is 19.6 Å². The topological polar surface area (TPSA) is 41.6 Å².